The van der Waals surface area contributed by atoms with Gasteiger partial charge >= 0.3 is 0 Å². The van der Waals surface area contributed by atoms with Crippen molar-refractivity contribution in [3.8, 4) is 0 Å². The Bertz CT molecular complexity index is 594. The van der Waals surface area contributed by atoms with E-state index in [-0.39, 0.29) is 23.5 Å². The van der Waals surface area contributed by atoms with Crippen LogP contribution in [0.4, 0.5) is 0 Å². The molecule has 0 radical (unpaired) electrons. The minimum Gasteiger partial charge on any atom is -0.339 e. The van der Waals surface area contributed by atoms with Crippen molar-refractivity contribution in [3.63, 3.8) is 0 Å². The van der Waals surface area contributed by atoms with Gasteiger partial charge in [-0.25, -0.2) is 13.4 Å². The van der Waals surface area contributed by atoms with Gasteiger partial charge in [0, 0.05) is 37.9 Å². The lowest BCUT2D eigenvalue weighted by molar-refractivity contribution is -0.133. The first-order valence-electron chi connectivity index (χ1n) is 7.40. The van der Waals surface area contributed by atoms with E-state index in [0.717, 1.165) is 18.8 Å². The van der Waals surface area contributed by atoms with Crippen LogP contribution < -0.4 is 0 Å². The Morgan fingerprint density at radius 1 is 1.52 bits per heavy atom. The van der Waals surface area contributed by atoms with E-state index in [1.165, 1.54) is 0 Å². The second-order valence-electron chi connectivity index (χ2n) is 5.51. The van der Waals surface area contributed by atoms with Gasteiger partial charge in [-0.1, -0.05) is 0 Å². The van der Waals surface area contributed by atoms with Crippen molar-refractivity contribution < 1.29 is 13.2 Å². The Kier molecular flexibility index (Phi) is 5.03. The lowest BCUT2D eigenvalue weighted by atomic mass is 10.2. The first kappa shape index (κ1) is 16.0. The summed E-state index contributed by atoms with van der Waals surface area (Å²) in [5, 5.41) is 0. The van der Waals surface area contributed by atoms with Crippen LogP contribution in [0.15, 0.2) is 12.4 Å². The molecule has 0 bridgehead atoms. The van der Waals surface area contributed by atoms with Gasteiger partial charge in [0.25, 0.3) is 0 Å². The molecule has 7 heteroatoms. The predicted octanol–water partition coefficient (Wildman–Crippen LogP) is 1.01. The Hall–Kier alpha value is -1.37. The highest BCUT2D eigenvalue weighted by Crippen LogP contribution is 2.18. The number of hydrogen-bond acceptors (Lipinski definition) is 4. The van der Waals surface area contributed by atoms with E-state index in [1.807, 2.05) is 24.6 Å². The van der Waals surface area contributed by atoms with Crippen LogP contribution in [0.5, 0.6) is 0 Å². The van der Waals surface area contributed by atoms with Crippen LogP contribution in [0.25, 0.3) is 0 Å². The SMILES string of the molecule is CCN(C(=O)CCCn1ccnc1C)[C@@H]1CCS(=O)(=O)C1. The van der Waals surface area contributed by atoms with Crippen LogP contribution in [-0.2, 0) is 21.2 Å². The summed E-state index contributed by atoms with van der Waals surface area (Å²) in [7, 11) is -2.95. The molecule has 0 aromatic carbocycles. The van der Waals surface area contributed by atoms with E-state index in [4.69, 9.17) is 0 Å². The van der Waals surface area contributed by atoms with Crippen molar-refractivity contribution in [2.45, 2.75) is 45.7 Å². The number of nitrogens with zero attached hydrogens (tertiary/aromatic N) is 3. The third-order valence-electron chi connectivity index (χ3n) is 4.02. The van der Waals surface area contributed by atoms with E-state index in [2.05, 4.69) is 4.98 Å². The number of carbonyl (C=O) groups is 1. The smallest absolute Gasteiger partial charge is 0.222 e. The zero-order valence-electron chi connectivity index (χ0n) is 12.7. The van der Waals surface area contributed by atoms with Crippen LogP contribution in [0.1, 0.15) is 32.0 Å². The summed E-state index contributed by atoms with van der Waals surface area (Å²) in [6, 6.07) is -0.137. The maximum Gasteiger partial charge on any atom is 0.222 e. The standard InChI is InChI=1S/C14H23N3O3S/c1-3-17(13-6-10-21(19,20)11-13)14(18)5-4-8-16-9-7-15-12(16)2/h7,9,13H,3-6,8,10-11H2,1-2H3/t13-/m1/s1. The molecule has 0 spiro atoms. The Labute approximate surface area is 126 Å². The minimum absolute atomic E-state index is 0.0531. The zero-order chi connectivity index (χ0) is 15.5. The molecule has 1 aromatic heterocycles. The summed E-state index contributed by atoms with van der Waals surface area (Å²) in [4.78, 5) is 18.2. The molecule has 1 aliphatic rings. The lowest BCUT2D eigenvalue weighted by Crippen LogP contribution is -2.40. The van der Waals surface area contributed by atoms with Gasteiger partial charge < -0.3 is 9.47 Å². The Morgan fingerprint density at radius 3 is 2.81 bits per heavy atom. The maximum absolute atomic E-state index is 12.3. The van der Waals surface area contributed by atoms with Gasteiger partial charge in [0.1, 0.15) is 5.82 Å². The Morgan fingerprint density at radius 2 is 2.29 bits per heavy atom. The quantitative estimate of drug-likeness (QED) is 0.785. The summed E-state index contributed by atoms with van der Waals surface area (Å²) < 4.78 is 25.1. The molecule has 6 nitrogen and oxygen atoms in total. The van der Waals surface area contributed by atoms with Crippen LogP contribution in [0, 0.1) is 6.92 Å². The highest BCUT2D eigenvalue weighted by molar-refractivity contribution is 7.91. The molecule has 21 heavy (non-hydrogen) atoms. The molecule has 1 atom stereocenters. The van der Waals surface area contributed by atoms with E-state index in [1.54, 1.807) is 11.1 Å². The summed E-state index contributed by atoms with van der Waals surface area (Å²) in [6.45, 7) is 5.17. The number of imidazole rings is 1. The van der Waals surface area contributed by atoms with Gasteiger partial charge in [0.15, 0.2) is 9.84 Å². The first-order valence-corrected chi connectivity index (χ1v) is 9.22. The average molecular weight is 313 g/mol. The fourth-order valence-electron chi connectivity index (χ4n) is 2.84. The molecule has 118 valence electrons. The normalized spacial score (nSPS) is 20.6. The van der Waals surface area contributed by atoms with Gasteiger partial charge in [-0.05, 0) is 26.7 Å². The van der Waals surface area contributed by atoms with Crippen molar-refractivity contribution >= 4 is 15.7 Å². The molecule has 1 saturated heterocycles. The third-order valence-corrected chi connectivity index (χ3v) is 5.77. The molecule has 0 aliphatic carbocycles. The second kappa shape index (κ2) is 6.60. The number of aryl methyl sites for hydroxylation is 2. The molecular weight excluding hydrogens is 290 g/mol. The van der Waals surface area contributed by atoms with Gasteiger partial charge in [-0.2, -0.15) is 0 Å². The summed E-state index contributed by atoms with van der Waals surface area (Å²) >= 11 is 0. The maximum atomic E-state index is 12.3. The molecule has 1 aliphatic heterocycles. The zero-order valence-corrected chi connectivity index (χ0v) is 13.5. The van der Waals surface area contributed by atoms with E-state index >= 15 is 0 Å². The summed E-state index contributed by atoms with van der Waals surface area (Å²) in [6.07, 6.45) is 5.41. The van der Waals surface area contributed by atoms with Crippen LogP contribution in [-0.4, -0.2) is 52.9 Å². The molecule has 1 aromatic rings. The fraction of sp³-hybridized carbons (Fsp3) is 0.714. The fourth-order valence-corrected chi connectivity index (χ4v) is 4.57. The van der Waals surface area contributed by atoms with Gasteiger partial charge in [0.2, 0.25) is 5.91 Å². The van der Waals surface area contributed by atoms with Crippen molar-refractivity contribution in [3.05, 3.63) is 18.2 Å². The molecule has 0 unspecified atom stereocenters. The topological polar surface area (TPSA) is 72.3 Å². The largest absolute Gasteiger partial charge is 0.339 e. The van der Waals surface area contributed by atoms with Crippen LogP contribution in [0.2, 0.25) is 0 Å². The predicted molar refractivity (Wildman–Crippen MR) is 80.6 cm³/mol. The molecule has 0 saturated carbocycles. The summed E-state index contributed by atoms with van der Waals surface area (Å²) in [5.74, 6) is 1.32. The van der Waals surface area contributed by atoms with Crippen LogP contribution in [0.3, 0.4) is 0 Å². The molecule has 0 N–H and O–H groups in total. The number of rotatable bonds is 6. The van der Waals surface area contributed by atoms with Gasteiger partial charge in [-0.3, -0.25) is 4.79 Å². The number of amides is 1. The molecule has 1 amide bonds. The average Bonchev–Trinajstić information content (AvgIpc) is 2.97. The highest BCUT2D eigenvalue weighted by atomic mass is 32.2. The van der Waals surface area contributed by atoms with E-state index in [0.29, 0.717) is 19.4 Å². The molecule has 1 fully saturated rings. The first-order chi connectivity index (χ1) is 9.93. The molecule has 2 heterocycles. The second-order valence-corrected chi connectivity index (χ2v) is 7.74. The number of carbonyl (C=O) groups excluding carboxylic acids is 1. The van der Waals surface area contributed by atoms with Crippen LogP contribution >= 0.6 is 0 Å². The molecular formula is C14H23N3O3S. The number of hydrogen-bond donors (Lipinski definition) is 0. The minimum atomic E-state index is -2.95. The van der Waals surface area contributed by atoms with Crippen molar-refractivity contribution in [1.29, 1.82) is 0 Å². The monoisotopic (exact) mass is 313 g/mol. The third kappa shape index (κ3) is 4.06. The number of aromatic nitrogens is 2. The van der Waals surface area contributed by atoms with E-state index < -0.39 is 9.84 Å². The summed E-state index contributed by atoms with van der Waals surface area (Å²) in [5.41, 5.74) is 0. The van der Waals surface area contributed by atoms with Crippen molar-refractivity contribution in [2.24, 2.45) is 0 Å². The lowest BCUT2D eigenvalue weighted by Gasteiger charge is -2.27. The van der Waals surface area contributed by atoms with Gasteiger partial charge in [0.05, 0.1) is 11.5 Å². The highest BCUT2D eigenvalue weighted by Gasteiger charge is 2.33. The Balaban J connectivity index is 1.85. The van der Waals surface area contributed by atoms with Crippen molar-refractivity contribution in [1.82, 2.24) is 14.5 Å². The van der Waals surface area contributed by atoms with Gasteiger partial charge in [-0.15, -0.1) is 0 Å². The van der Waals surface area contributed by atoms with Crippen molar-refractivity contribution in [2.75, 3.05) is 18.1 Å². The number of sulfone groups is 1. The molecule has 2 rings (SSSR count). The van der Waals surface area contributed by atoms with E-state index in [9.17, 15) is 13.2 Å².